The third-order valence-electron chi connectivity index (χ3n) is 3.19. The first-order valence-corrected chi connectivity index (χ1v) is 6.33. The predicted molar refractivity (Wildman–Crippen MR) is 69.0 cm³/mol. The van der Waals surface area contributed by atoms with Crippen molar-refractivity contribution in [3.05, 3.63) is 35.4 Å². The Balaban J connectivity index is 1.86. The quantitative estimate of drug-likeness (QED) is 0.775. The summed E-state index contributed by atoms with van der Waals surface area (Å²) >= 11 is 0. The number of hydrogen-bond acceptors (Lipinski definition) is 3. The minimum Gasteiger partial charge on any atom is -0.314 e. The van der Waals surface area contributed by atoms with Crippen molar-refractivity contribution in [2.45, 2.75) is 19.4 Å². The monoisotopic (exact) mass is 232 g/mol. The summed E-state index contributed by atoms with van der Waals surface area (Å²) in [6, 6.07) is 8.65. The SMILES string of the molecule is O=CCCc1ccc(CN2CCNCC2)cc1. The largest absolute Gasteiger partial charge is 0.314 e. The molecule has 1 aliphatic heterocycles. The van der Waals surface area contributed by atoms with Crippen LogP contribution in [0.5, 0.6) is 0 Å². The fraction of sp³-hybridized carbons (Fsp3) is 0.500. The van der Waals surface area contributed by atoms with Crippen molar-refractivity contribution in [3.63, 3.8) is 0 Å². The summed E-state index contributed by atoms with van der Waals surface area (Å²) < 4.78 is 0. The lowest BCUT2D eigenvalue weighted by molar-refractivity contribution is -0.107. The Morgan fingerprint density at radius 3 is 2.41 bits per heavy atom. The molecule has 0 aliphatic carbocycles. The molecule has 0 amide bonds. The maximum Gasteiger partial charge on any atom is 0.120 e. The Bertz CT molecular complexity index is 342. The summed E-state index contributed by atoms with van der Waals surface area (Å²) in [6.07, 6.45) is 2.46. The first kappa shape index (κ1) is 12.3. The van der Waals surface area contributed by atoms with Gasteiger partial charge >= 0.3 is 0 Å². The lowest BCUT2D eigenvalue weighted by atomic mass is 10.1. The maximum absolute atomic E-state index is 10.3. The highest BCUT2D eigenvalue weighted by molar-refractivity contribution is 5.50. The van der Waals surface area contributed by atoms with Crippen LogP contribution in [-0.2, 0) is 17.8 Å². The normalized spacial score (nSPS) is 16.9. The molecule has 0 saturated carbocycles. The molecule has 1 saturated heterocycles. The van der Waals surface area contributed by atoms with Crippen LogP contribution in [0.25, 0.3) is 0 Å². The molecule has 1 aliphatic rings. The van der Waals surface area contributed by atoms with Crippen LogP contribution in [0.1, 0.15) is 17.5 Å². The van der Waals surface area contributed by atoms with Gasteiger partial charge in [-0.3, -0.25) is 4.90 Å². The number of nitrogens with zero attached hydrogens (tertiary/aromatic N) is 1. The summed E-state index contributed by atoms with van der Waals surface area (Å²) in [5, 5.41) is 3.36. The number of carbonyl (C=O) groups is 1. The van der Waals surface area contributed by atoms with Crippen LogP contribution in [0, 0.1) is 0 Å². The van der Waals surface area contributed by atoms with E-state index in [9.17, 15) is 4.79 Å². The fourth-order valence-corrected chi connectivity index (χ4v) is 2.16. The topological polar surface area (TPSA) is 32.3 Å². The van der Waals surface area contributed by atoms with Gasteiger partial charge in [0.25, 0.3) is 0 Å². The number of benzene rings is 1. The van der Waals surface area contributed by atoms with E-state index in [4.69, 9.17) is 0 Å². The second-order valence-electron chi connectivity index (χ2n) is 4.55. The highest BCUT2D eigenvalue weighted by Crippen LogP contribution is 2.09. The van der Waals surface area contributed by atoms with Crippen molar-refractivity contribution in [1.29, 1.82) is 0 Å². The van der Waals surface area contributed by atoms with Crippen LogP contribution in [0.4, 0.5) is 0 Å². The van der Waals surface area contributed by atoms with Crippen molar-refractivity contribution >= 4 is 6.29 Å². The van der Waals surface area contributed by atoms with Gasteiger partial charge in [0, 0.05) is 39.1 Å². The lowest BCUT2D eigenvalue weighted by Crippen LogP contribution is -2.42. The van der Waals surface area contributed by atoms with Gasteiger partial charge in [0.1, 0.15) is 6.29 Å². The van der Waals surface area contributed by atoms with Gasteiger partial charge in [-0.2, -0.15) is 0 Å². The number of aldehydes is 1. The van der Waals surface area contributed by atoms with Crippen LogP contribution >= 0.6 is 0 Å². The number of carbonyl (C=O) groups excluding carboxylic acids is 1. The van der Waals surface area contributed by atoms with Gasteiger partial charge in [-0.05, 0) is 17.5 Å². The number of aryl methyl sites for hydroxylation is 1. The second kappa shape index (κ2) is 6.52. The van der Waals surface area contributed by atoms with Gasteiger partial charge in [0.2, 0.25) is 0 Å². The predicted octanol–water partition coefficient (Wildman–Crippen LogP) is 1.22. The standard InChI is InChI=1S/C14H20N2O/c17-11-1-2-13-3-5-14(6-4-13)12-16-9-7-15-8-10-16/h3-6,11,15H,1-2,7-10,12H2. The molecule has 0 atom stereocenters. The molecular weight excluding hydrogens is 212 g/mol. The Kier molecular flexibility index (Phi) is 4.71. The summed E-state index contributed by atoms with van der Waals surface area (Å²) in [6.45, 7) is 5.49. The molecule has 1 N–H and O–H groups in total. The zero-order valence-corrected chi connectivity index (χ0v) is 10.2. The number of hydrogen-bond donors (Lipinski definition) is 1. The Labute approximate surface area is 103 Å². The average molecular weight is 232 g/mol. The molecule has 0 aromatic heterocycles. The highest BCUT2D eigenvalue weighted by atomic mass is 16.1. The molecule has 1 heterocycles. The molecule has 1 aromatic rings. The zero-order chi connectivity index (χ0) is 11.9. The highest BCUT2D eigenvalue weighted by Gasteiger charge is 2.09. The number of piperazine rings is 1. The van der Waals surface area contributed by atoms with E-state index in [1.807, 2.05) is 0 Å². The summed E-state index contributed by atoms with van der Waals surface area (Å²) in [4.78, 5) is 12.8. The molecule has 3 heteroatoms. The van der Waals surface area contributed by atoms with Crippen LogP contribution < -0.4 is 5.32 Å². The van der Waals surface area contributed by atoms with E-state index >= 15 is 0 Å². The molecule has 0 bridgehead atoms. The summed E-state index contributed by atoms with van der Waals surface area (Å²) in [5.74, 6) is 0. The van der Waals surface area contributed by atoms with Gasteiger partial charge in [-0.25, -0.2) is 0 Å². The van der Waals surface area contributed by atoms with Gasteiger partial charge in [0.15, 0.2) is 0 Å². The first-order chi connectivity index (χ1) is 8.38. The van der Waals surface area contributed by atoms with Crippen molar-refractivity contribution in [2.75, 3.05) is 26.2 Å². The molecule has 17 heavy (non-hydrogen) atoms. The molecule has 0 radical (unpaired) electrons. The number of nitrogens with one attached hydrogen (secondary N) is 1. The Morgan fingerprint density at radius 1 is 1.12 bits per heavy atom. The maximum atomic E-state index is 10.3. The Hall–Kier alpha value is -1.19. The smallest absolute Gasteiger partial charge is 0.120 e. The van der Waals surface area contributed by atoms with E-state index < -0.39 is 0 Å². The fourth-order valence-electron chi connectivity index (χ4n) is 2.16. The average Bonchev–Trinajstić information content (AvgIpc) is 2.39. The van der Waals surface area contributed by atoms with Crippen LogP contribution in [0.2, 0.25) is 0 Å². The van der Waals surface area contributed by atoms with Crippen LogP contribution in [-0.4, -0.2) is 37.4 Å². The second-order valence-corrected chi connectivity index (χ2v) is 4.55. The molecule has 1 aromatic carbocycles. The molecule has 92 valence electrons. The third kappa shape index (κ3) is 3.95. The molecule has 2 rings (SSSR count). The summed E-state index contributed by atoms with van der Waals surface area (Å²) in [5.41, 5.74) is 2.61. The van der Waals surface area contributed by atoms with Gasteiger partial charge in [0.05, 0.1) is 0 Å². The minimum atomic E-state index is 0.622. The summed E-state index contributed by atoms with van der Waals surface area (Å²) in [7, 11) is 0. The van der Waals surface area contributed by atoms with Gasteiger partial charge in [-0.15, -0.1) is 0 Å². The molecule has 0 unspecified atom stereocenters. The molecule has 0 spiro atoms. The van der Waals surface area contributed by atoms with E-state index in [0.717, 1.165) is 45.4 Å². The van der Waals surface area contributed by atoms with Crippen molar-refractivity contribution in [3.8, 4) is 0 Å². The molecule has 1 fully saturated rings. The van der Waals surface area contributed by atoms with Crippen molar-refractivity contribution in [2.24, 2.45) is 0 Å². The lowest BCUT2D eigenvalue weighted by Gasteiger charge is -2.27. The van der Waals surface area contributed by atoms with E-state index in [1.54, 1.807) is 0 Å². The van der Waals surface area contributed by atoms with Gasteiger partial charge < -0.3 is 10.1 Å². The third-order valence-corrected chi connectivity index (χ3v) is 3.19. The van der Waals surface area contributed by atoms with Crippen LogP contribution in [0.3, 0.4) is 0 Å². The van der Waals surface area contributed by atoms with E-state index in [-0.39, 0.29) is 0 Å². The Morgan fingerprint density at radius 2 is 1.76 bits per heavy atom. The number of rotatable bonds is 5. The molecule has 3 nitrogen and oxygen atoms in total. The van der Waals surface area contributed by atoms with E-state index in [1.165, 1.54) is 11.1 Å². The van der Waals surface area contributed by atoms with Crippen molar-refractivity contribution in [1.82, 2.24) is 10.2 Å². The first-order valence-electron chi connectivity index (χ1n) is 6.33. The van der Waals surface area contributed by atoms with Crippen LogP contribution in [0.15, 0.2) is 24.3 Å². The zero-order valence-electron chi connectivity index (χ0n) is 10.2. The van der Waals surface area contributed by atoms with Gasteiger partial charge in [-0.1, -0.05) is 24.3 Å². The van der Waals surface area contributed by atoms with Crippen molar-refractivity contribution < 1.29 is 4.79 Å². The van der Waals surface area contributed by atoms with E-state index in [2.05, 4.69) is 34.5 Å². The minimum absolute atomic E-state index is 0.622. The van der Waals surface area contributed by atoms with E-state index in [0.29, 0.717) is 6.42 Å². The molecular formula is C14H20N2O.